The van der Waals surface area contributed by atoms with Crippen molar-refractivity contribution in [3.05, 3.63) is 70.7 Å². The third-order valence-electron chi connectivity index (χ3n) is 3.03. The van der Waals surface area contributed by atoms with Crippen LogP contribution >= 0.6 is 15.9 Å². The second-order valence-corrected chi connectivity index (χ2v) is 5.02. The van der Waals surface area contributed by atoms with Crippen LogP contribution in [0.15, 0.2) is 59.6 Å². The predicted octanol–water partition coefficient (Wildman–Crippen LogP) is 4.08. The van der Waals surface area contributed by atoms with Gasteiger partial charge in [0, 0.05) is 21.3 Å². The highest BCUT2D eigenvalue weighted by molar-refractivity contribution is 9.10. The van der Waals surface area contributed by atoms with Crippen molar-refractivity contribution in [2.75, 3.05) is 4.90 Å². The summed E-state index contributed by atoms with van der Waals surface area (Å²) in [6, 6.07) is 15.2. The van der Waals surface area contributed by atoms with Crippen molar-refractivity contribution in [2.45, 2.75) is 0 Å². The van der Waals surface area contributed by atoms with Gasteiger partial charge in [-0.05, 0) is 30.3 Å². The second-order valence-electron chi connectivity index (χ2n) is 4.11. The Balaban J connectivity index is 2.09. The maximum absolute atomic E-state index is 12.3. The van der Waals surface area contributed by atoms with E-state index < -0.39 is 0 Å². The molecule has 1 aliphatic rings. The van der Waals surface area contributed by atoms with Crippen LogP contribution in [0.3, 0.4) is 0 Å². The fourth-order valence-electron chi connectivity index (χ4n) is 2.15. The first kappa shape index (κ1) is 11.2. The number of hydrogen-bond acceptors (Lipinski definition) is 1. The van der Waals surface area contributed by atoms with Crippen molar-refractivity contribution < 1.29 is 4.79 Å². The SMILES string of the molecule is C=C1c2ccccc2C(=O)N1c1ccc(Br)cc1. The molecule has 0 aromatic heterocycles. The first-order valence-electron chi connectivity index (χ1n) is 5.57. The van der Waals surface area contributed by atoms with Crippen molar-refractivity contribution in [2.24, 2.45) is 0 Å². The molecule has 0 saturated heterocycles. The highest BCUT2D eigenvalue weighted by Crippen LogP contribution is 2.35. The molecule has 0 atom stereocenters. The molecule has 18 heavy (non-hydrogen) atoms. The number of carbonyl (C=O) groups is 1. The van der Waals surface area contributed by atoms with E-state index in [2.05, 4.69) is 22.5 Å². The van der Waals surface area contributed by atoms with Crippen molar-refractivity contribution in [1.29, 1.82) is 0 Å². The molecule has 3 heteroatoms. The Morgan fingerprint density at radius 1 is 0.944 bits per heavy atom. The van der Waals surface area contributed by atoms with Crippen LogP contribution in [-0.2, 0) is 0 Å². The van der Waals surface area contributed by atoms with E-state index in [1.807, 2.05) is 48.5 Å². The number of carbonyl (C=O) groups excluding carboxylic acids is 1. The smallest absolute Gasteiger partial charge is 0.263 e. The van der Waals surface area contributed by atoms with Crippen LogP contribution in [0.25, 0.3) is 5.70 Å². The normalized spacial score (nSPS) is 13.9. The van der Waals surface area contributed by atoms with Gasteiger partial charge < -0.3 is 0 Å². The quantitative estimate of drug-likeness (QED) is 0.777. The van der Waals surface area contributed by atoms with E-state index in [9.17, 15) is 4.79 Å². The Kier molecular flexibility index (Phi) is 2.56. The molecule has 0 bridgehead atoms. The van der Waals surface area contributed by atoms with Gasteiger partial charge in [0.2, 0.25) is 0 Å². The van der Waals surface area contributed by atoms with Crippen molar-refractivity contribution in [3.8, 4) is 0 Å². The summed E-state index contributed by atoms with van der Waals surface area (Å²) in [7, 11) is 0. The monoisotopic (exact) mass is 299 g/mol. The fraction of sp³-hybridized carbons (Fsp3) is 0. The van der Waals surface area contributed by atoms with E-state index >= 15 is 0 Å². The summed E-state index contributed by atoms with van der Waals surface area (Å²) in [5.74, 6) is -0.0158. The van der Waals surface area contributed by atoms with E-state index in [4.69, 9.17) is 0 Å². The van der Waals surface area contributed by atoms with Crippen LogP contribution in [0, 0.1) is 0 Å². The summed E-state index contributed by atoms with van der Waals surface area (Å²) in [4.78, 5) is 14.0. The van der Waals surface area contributed by atoms with Crippen LogP contribution in [0.1, 0.15) is 15.9 Å². The minimum absolute atomic E-state index is 0.0158. The zero-order valence-corrected chi connectivity index (χ0v) is 11.1. The minimum Gasteiger partial charge on any atom is -0.277 e. The molecule has 0 aliphatic carbocycles. The van der Waals surface area contributed by atoms with Crippen LogP contribution in [0.5, 0.6) is 0 Å². The molecular weight excluding hydrogens is 290 g/mol. The average molecular weight is 300 g/mol. The molecule has 0 fully saturated rings. The number of anilines is 1. The van der Waals surface area contributed by atoms with Crippen LogP contribution in [0.4, 0.5) is 5.69 Å². The van der Waals surface area contributed by atoms with E-state index in [1.165, 1.54) is 0 Å². The molecule has 2 aromatic rings. The molecule has 1 heterocycles. The van der Waals surface area contributed by atoms with Crippen molar-refractivity contribution in [1.82, 2.24) is 0 Å². The summed E-state index contributed by atoms with van der Waals surface area (Å²) in [5.41, 5.74) is 3.19. The molecule has 0 radical (unpaired) electrons. The zero-order valence-electron chi connectivity index (χ0n) is 9.56. The van der Waals surface area contributed by atoms with Gasteiger partial charge in [0.25, 0.3) is 5.91 Å². The predicted molar refractivity (Wildman–Crippen MR) is 76.4 cm³/mol. The van der Waals surface area contributed by atoms with Crippen molar-refractivity contribution in [3.63, 3.8) is 0 Å². The molecule has 2 aromatic carbocycles. The molecule has 0 unspecified atom stereocenters. The molecule has 0 spiro atoms. The molecule has 3 rings (SSSR count). The minimum atomic E-state index is -0.0158. The first-order chi connectivity index (χ1) is 8.68. The number of halogens is 1. The topological polar surface area (TPSA) is 20.3 Å². The van der Waals surface area contributed by atoms with E-state index in [-0.39, 0.29) is 5.91 Å². The summed E-state index contributed by atoms with van der Waals surface area (Å²) in [6.45, 7) is 4.02. The lowest BCUT2D eigenvalue weighted by atomic mass is 10.1. The lowest BCUT2D eigenvalue weighted by Crippen LogP contribution is -2.21. The largest absolute Gasteiger partial charge is 0.277 e. The Labute approximate surface area is 114 Å². The first-order valence-corrected chi connectivity index (χ1v) is 6.36. The van der Waals surface area contributed by atoms with Crippen molar-refractivity contribution >= 4 is 33.2 Å². The lowest BCUT2D eigenvalue weighted by Gasteiger charge is -2.17. The molecule has 0 saturated carbocycles. The van der Waals surface area contributed by atoms with E-state index in [0.717, 1.165) is 21.4 Å². The molecule has 1 aliphatic heterocycles. The maximum Gasteiger partial charge on any atom is 0.263 e. The molecule has 1 amide bonds. The van der Waals surface area contributed by atoms with Gasteiger partial charge in [-0.25, -0.2) is 0 Å². The molecular formula is C15H10BrNO. The highest BCUT2D eigenvalue weighted by atomic mass is 79.9. The summed E-state index contributed by atoms with van der Waals surface area (Å²) in [6.07, 6.45) is 0. The standard InChI is InChI=1S/C15H10BrNO/c1-10-13-4-2-3-5-14(13)15(18)17(10)12-8-6-11(16)7-9-12/h2-9H,1H2. The Morgan fingerprint density at radius 2 is 1.56 bits per heavy atom. The van der Waals surface area contributed by atoms with Gasteiger partial charge >= 0.3 is 0 Å². The summed E-state index contributed by atoms with van der Waals surface area (Å²) >= 11 is 3.39. The molecule has 88 valence electrons. The lowest BCUT2D eigenvalue weighted by molar-refractivity contribution is 0.101. The van der Waals surface area contributed by atoms with Gasteiger partial charge in [0.05, 0.1) is 5.70 Å². The fourth-order valence-corrected chi connectivity index (χ4v) is 2.41. The maximum atomic E-state index is 12.3. The summed E-state index contributed by atoms with van der Waals surface area (Å²) < 4.78 is 0.987. The third-order valence-corrected chi connectivity index (χ3v) is 3.55. The van der Waals surface area contributed by atoms with Crippen LogP contribution in [-0.4, -0.2) is 5.91 Å². The Hall–Kier alpha value is -1.87. The van der Waals surface area contributed by atoms with Gasteiger partial charge in [-0.15, -0.1) is 0 Å². The van der Waals surface area contributed by atoms with E-state index in [1.54, 1.807) is 4.90 Å². The summed E-state index contributed by atoms with van der Waals surface area (Å²) in [5, 5.41) is 0. The number of nitrogens with zero attached hydrogens (tertiary/aromatic N) is 1. The molecule has 2 nitrogen and oxygen atoms in total. The number of fused-ring (bicyclic) bond motifs is 1. The second kappa shape index (κ2) is 4.10. The van der Waals surface area contributed by atoms with Gasteiger partial charge in [-0.2, -0.15) is 0 Å². The van der Waals surface area contributed by atoms with Gasteiger partial charge in [0.15, 0.2) is 0 Å². The van der Waals surface area contributed by atoms with Crippen LogP contribution in [0.2, 0.25) is 0 Å². The number of amides is 1. The number of hydrogen-bond donors (Lipinski definition) is 0. The van der Waals surface area contributed by atoms with Gasteiger partial charge in [0.1, 0.15) is 0 Å². The number of benzene rings is 2. The average Bonchev–Trinajstić information content (AvgIpc) is 2.64. The highest BCUT2D eigenvalue weighted by Gasteiger charge is 2.31. The van der Waals surface area contributed by atoms with Crippen LogP contribution < -0.4 is 4.90 Å². The van der Waals surface area contributed by atoms with E-state index in [0.29, 0.717) is 5.56 Å². The third kappa shape index (κ3) is 1.59. The van der Waals surface area contributed by atoms with Gasteiger partial charge in [-0.3, -0.25) is 9.69 Å². The molecule has 0 N–H and O–H groups in total. The zero-order chi connectivity index (χ0) is 12.7. The Bertz CT molecular complexity index is 611. The Morgan fingerprint density at radius 3 is 2.17 bits per heavy atom. The number of rotatable bonds is 1. The van der Waals surface area contributed by atoms with Gasteiger partial charge in [-0.1, -0.05) is 40.7 Å².